The van der Waals surface area contributed by atoms with E-state index >= 15 is 0 Å². The SMILES string of the molecule is CCCCC(CC)[CH2][Ti]1(=[O])([CH2]C(CC)CCCC)[O]OCC(CC)(CC)CO[O]1. The summed E-state index contributed by atoms with van der Waals surface area (Å²) in [5.74, 6) is 0.615. The van der Waals surface area contributed by atoms with E-state index in [0.717, 1.165) is 64.2 Å². The van der Waals surface area contributed by atoms with E-state index in [1.807, 2.05) is 0 Å². The Morgan fingerprint density at radius 2 is 1.17 bits per heavy atom. The fourth-order valence-corrected chi connectivity index (χ4v) is 11.3. The molecule has 0 aromatic rings. The zero-order valence-corrected chi connectivity index (χ0v) is 21.7. The van der Waals surface area contributed by atoms with Gasteiger partial charge in [-0.1, -0.05) is 0 Å². The van der Waals surface area contributed by atoms with Crippen LogP contribution in [0.25, 0.3) is 0 Å². The van der Waals surface area contributed by atoms with Gasteiger partial charge in [-0.05, 0) is 0 Å². The summed E-state index contributed by atoms with van der Waals surface area (Å²) >= 11 is -5.16. The second-order valence-corrected chi connectivity index (χ2v) is 15.6. The minimum atomic E-state index is -5.16. The maximum absolute atomic E-state index is 14.6. The first-order valence-corrected chi connectivity index (χ1v) is 16.5. The van der Waals surface area contributed by atoms with Gasteiger partial charge < -0.3 is 0 Å². The Hall–Kier alpha value is 0.354. The molecule has 1 heterocycles. The first-order chi connectivity index (χ1) is 13.8. The van der Waals surface area contributed by atoms with Crippen LogP contribution in [0.15, 0.2) is 0 Å². The molecule has 1 aliphatic rings. The fourth-order valence-electron chi connectivity index (χ4n) is 4.51. The van der Waals surface area contributed by atoms with E-state index in [1.165, 1.54) is 0 Å². The second-order valence-electron chi connectivity index (χ2n) is 9.51. The average Bonchev–Trinajstić information content (AvgIpc) is 2.72. The Morgan fingerprint density at radius 1 is 0.759 bits per heavy atom. The van der Waals surface area contributed by atoms with Crippen molar-refractivity contribution in [1.82, 2.24) is 0 Å². The molecule has 0 radical (unpaired) electrons. The topological polar surface area (TPSA) is 54.0 Å². The summed E-state index contributed by atoms with van der Waals surface area (Å²) in [5, 5.41) is 0. The summed E-state index contributed by atoms with van der Waals surface area (Å²) < 4.78 is 27.4. The van der Waals surface area contributed by atoms with Crippen molar-refractivity contribution in [3.63, 3.8) is 0 Å². The molecular weight excluding hydrogens is 404 g/mol. The number of hydrogen-bond acceptors (Lipinski definition) is 5. The molecule has 0 amide bonds. The molecule has 174 valence electrons. The third-order valence-electron chi connectivity index (χ3n) is 7.17. The van der Waals surface area contributed by atoms with Crippen LogP contribution < -0.4 is 0 Å². The Morgan fingerprint density at radius 3 is 1.48 bits per heavy atom. The molecule has 0 aliphatic carbocycles. The third kappa shape index (κ3) is 8.42. The third-order valence-corrected chi connectivity index (χ3v) is 13.0. The van der Waals surface area contributed by atoms with Gasteiger partial charge in [-0.3, -0.25) is 0 Å². The maximum atomic E-state index is 14.6. The van der Waals surface area contributed by atoms with Gasteiger partial charge in [0.25, 0.3) is 0 Å². The van der Waals surface area contributed by atoms with Crippen LogP contribution in [-0.2, 0) is 36.1 Å². The van der Waals surface area contributed by atoms with Crippen LogP contribution in [0.1, 0.15) is 106 Å². The number of unbranched alkanes of at least 4 members (excludes halogenated alkanes) is 2. The van der Waals surface area contributed by atoms with E-state index in [0.29, 0.717) is 34.5 Å². The molecule has 0 bridgehead atoms. The Labute approximate surface area is 181 Å². The van der Waals surface area contributed by atoms with Gasteiger partial charge in [-0.2, -0.15) is 0 Å². The van der Waals surface area contributed by atoms with Gasteiger partial charge in [0.05, 0.1) is 0 Å². The first kappa shape index (κ1) is 27.4. The van der Waals surface area contributed by atoms with Crippen LogP contribution in [0.2, 0.25) is 9.45 Å². The fraction of sp³-hybridized carbons (Fsp3) is 1.00. The molecule has 0 N–H and O–H groups in total. The van der Waals surface area contributed by atoms with Crippen LogP contribution in [0.4, 0.5) is 0 Å². The van der Waals surface area contributed by atoms with Crippen LogP contribution >= 0.6 is 0 Å². The van der Waals surface area contributed by atoms with Crippen LogP contribution in [0, 0.1) is 17.3 Å². The van der Waals surface area contributed by atoms with Gasteiger partial charge in [0.1, 0.15) is 0 Å². The van der Waals surface area contributed by atoms with Crippen molar-refractivity contribution in [2.75, 3.05) is 13.2 Å². The van der Waals surface area contributed by atoms with Gasteiger partial charge >= 0.3 is 182 Å². The average molecular weight is 452 g/mol. The first-order valence-electron chi connectivity index (χ1n) is 12.3. The Bertz CT molecular complexity index is 463. The summed E-state index contributed by atoms with van der Waals surface area (Å²) in [6, 6.07) is 0. The van der Waals surface area contributed by atoms with Crippen molar-refractivity contribution in [3.05, 3.63) is 0 Å². The van der Waals surface area contributed by atoms with Gasteiger partial charge in [0, 0.05) is 0 Å². The molecule has 1 aliphatic heterocycles. The number of rotatable bonds is 14. The van der Waals surface area contributed by atoms with Gasteiger partial charge in [0.15, 0.2) is 0 Å². The molecule has 2 atom stereocenters. The molecule has 29 heavy (non-hydrogen) atoms. The van der Waals surface area contributed by atoms with Gasteiger partial charge in [0.2, 0.25) is 0 Å². The van der Waals surface area contributed by atoms with E-state index in [2.05, 4.69) is 41.5 Å². The predicted molar refractivity (Wildman–Crippen MR) is 114 cm³/mol. The molecule has 2 unspecified atom stereocenters. The van der Waals surface area contributed by atoms with E-state index in [9.17, 15) is 3.32 Å². The Kier molecular flexibility index (Phi) is 12.3. The molecule has 0 spiro atoms. The molecule has 1 saturated heterocycles. The minimum absolute atomic E-state index is 0.149. The van der Waals surface area contributed by atoms with Crippen LogP contribution in [0.3, 0.4) is 0 Å². The van der Waals surface area contributed by atoms with Crippen molar-refractivity contribution >= 4 is 0 Å². The molecule has 5 nitrogen and oxygen atoms in total. The van der Waals surface area contributed by atoms with Crippen molar-refractivity contribution in [1.29, 1.82) is 0 Å². The predicted octanol–water partition coefficient (Wildman–Crippen LogP) is 7.84. The zero-order chi connectivity index (χ0) is 21.8. The van der Waals surface area contributed by atoms with Crippen molar-refractivity contribution in [3.8, 4) is 0 Å². The molecule has 1 rings (SSSR count). The Balaban J connectivity index is 3.11. The summed E-state index contributed by atoms with van der Waals surface area (Å²) in [7, 11) is 0. The van der Waals surface area contributed by atoms with Crippen molar-refractivity contribution < 1.29 is 36.1 Å². The van der Waals surface area contributed by atoms with Crippen molar-refractivity contribution in [2.24, 2.45) is 17.3 Å². The molecule has 1 fully saturated rings. The van der Waals surface area contributed by atoms with E-state index in [-0.39, 0.29) is 5.41 Å². The normalized spacial score (nSPS) is 22.8. The van der Waals surface area contributed by atoms with Crippen molar-refractivity contribution in [2.45, 2.75) is 115 Å². The van der Waals surface area contributed by atoms with Crippen LogP contribution in [-0.4, -0.2) is 13.2 Å². The van der Waals surface area contributed by atoms with Gasteiger partial charge in [-0.25, -0.2) is 0 Å². The molecule has 0 saturated carbocycles. The summed E-state index contributed by atoms with van der Waals surface area (Å²) in [6.07, 6.45) is 10.4. The molecule has 6 heteroatoms. The van der Waals surface area contributed by atoms with E-state index < -0.39 is 16.1 Å². The van der Waals surface area contributed by atoms with E-state index in [4.69, 9.17) is 16.7 Å². The summed E-state index contributed by atoms with van der Waals surface area (Å²) in [6.45, 7) is 13.8. The molecular formula is C23H48O5Ti. The van der Waals surface area contributed by atoms with Gasteiger partial charge in [-0.15, -0.1) is 0 Å². The summed E-state index contributed by atoms with van der Waals surface area (Å²) in [4.78, 5) is 11.5. The van der Waals surface area contributed by atoms with Crippen LogP contribution in [0.5, 0.6) is 0 Å². The van der Waals surface area contributed by atoms with E-state index in [1.54, 1.807) is 0 Å². The molecule has 0 aromatic carbocycles. The monoisotopic (exact) mass is 452 g/mol. The quantitative estimate of drug-likeness (QED) is 0.198. The standard InChI is InChI=1S/2C8H17.C7H16O4.O.Ti/c2*1-4-6-7-8(3)5-2;1-3-7(4-2,5-10-8)6-11-9;;/h2*8H,3-7H2,1-2H3;8-9H,3-6H2,1-2H3;;/q;;;;+2/p-2. The summed E-state index contributed by atoms with van der Waals surface area (Å²) in [5.41, 5.74) is -0.149. The second kappa shape index (κ2) is 13.0. The number of hydrogen-bond donors (Lipinski definition) is 0. The molecule has 0 aromatic heterocycles. The zero-order valence-electron chi connectivity index (χ0n) is 20.1.